The normalized spacial score (nSPS) is 17.1. The molecule has 1 aromatic heterocycles. The highest BCUT2D eigenvalue weighted by Crippen LogP contribution is 2.20. The van der Waals surface area contributed by atoms with Crippen LogP contribution in [-0.2, 0) is 9.59 Å². The maximum Gasteiger partial charge on any atom is 0.223 e. The zero-order chi connectivity index (χ0) is 21.6. The summed E-state index contributed by atoms with van der Waals surface area (Å²) in [5.41, 5.74) is 0.578. The molecule has 2 aliphatic rings. The van der Waals surface area contributed by atoms with Crippen molar-refractivity contribution in [1.29, 1.82) is 0 Å². The molecule has 2 aromatic rings. The Kier molecular flexibility index (Phi) is 6.64. The van der Waals surface area contributed by atoms with Gasteiger partial charge in [0, 0.05) is 71.4 Å². The van der Waals surface area contributed by atoms with Gasteiger partial charge in [-0.1, -0.05) is 18.2 Å². The zero-order valence-electron chi connectivity index (χ0n) is 17.6. The quantitative estimate of drug-likeness (QED) is 0.734. The molecule has 7 nitrogen and oxygen atoms in total. The maximum atomic E-state index is 14.0. The average Bonchev–Trinajstić information content (AvgIpc) is 2.83. The van der Waals surface area contributed by atoms with Crippen LogP contribution in [0, 0.1) is 5.82 Å². The Balaban J connectivity index is 1.19. The van der Waals surface area contributed by atoms with E-state index in [4.69, 9.17) is 0 Å². The molecule has 8 heteroatoms. The molecule has 2 amide bonds. The Morgan fingerprint density at radius 3 is 1.84 bits per heavy atom. The van der Waals surface area contributed by atoms with Gasteiger partial charge in [0.1, 0.15) is 11.6 Å². The molecule has 0 atom stereocenters. The molecule has 0 bridgehead atoms. The second-order valence-corrected chi connectivity index (χ2v) is 7.88. The summed E-state index contributed by atoms with van der Waals surface area (Å²) in [6, 6.07) is 12.5. The number of carbonyl (C=O) groups is 2. The molecule has 0 spiro atoms. The summed E-state index contributed by atoms with van der Waals surface area (Å²) in [6.45, 7) is 5.06. The van der Waals surface area contributed by atoms with Crippen LogP contribution >= 0.6 is 0 Å². The molecule has 31 heavy (non-hydrogen) atoms. The highest BCUT2D eigenvalue weighted by molar-refractivity contribution is 5.84. The molecule has 164 valence electrons. The molecule has 1 aromatic carbocycles. The van der Waals surface area contributed by atoms with E-state index in [1.54, 1.807) is 23.2 Å². The number of piperazine rings is 2. The Hall–Kier alpha value is -3.16. The Bertz CT molecular complexity index is 894. The zero-order valence-corrected chi connectivity index (χ0v) is 17.6. The number of halogens is 1. The molecule has 3 heterocycles. The first-order valence-corrected chi connectivity index (χ1v) is 10.8. The number of nitrogens with zero attached hydrogens (tertiary/aromatic N) is 5. The van der Waals surface area contributed by atoms with E-state index in [1.165, 1.54) is 6.07 Å². The average molecular weight is 426 g/mol. The van der Waals surface area contributed by atoms with Crippen molar-refractivity contribution in [2.75, 3.05) is 62.2 Å². The third-order valence-corrected chi connectivity index (χ3v) is 5.98. The fourth-order valence-corrected chi connectivity index (χ4v) is 4.16. The number of pyridine rings is 1. The summed E-state index contributed by atoms with van der Waals surface area (Å²) in [7, 11) is 0. The number of rotatable bonds is 5. The van der Waals surface area contributed by atoms with Gasteiger partial charge in [0.05, 0.1) is 5.69 Å². The number of anilines is 2. The van der Waals surface area contributed by atoms with E-state index in [1.807, 2.05) is 34.1 Å². The summed E-state index contributed by atoms with van der Waals surface area (Å²) in [5.74, 6) is 0.711. The maximum absolute atomic E-state index is 14.0. The standard InChI is InChI=1S/C23H28FN5O2/c24-19-5-1-2-6-20(19)26-11-15-28(16-12-26)22(30)8-9-23(31)29-17-13-27(14-18-29)21-7-3-4-10-25-21/h1-7,10H,8-9,11-18H2. The van der Waals surface area contributed by atoms with Crippen LogP contribution in [-0.4, -0.2) is 79.0 Å². The van der Waals surface area contributed by atoms with Crippen LogP contribution in [0.15, 0.2) is 48.7 Å². The summed E-state index contributed by atoms with van der Waals surface area (Å²) < 4.78 is 14.0. The van der Waals surface area contributed by atoms with Gasteiger partial charge in [0.15, 0.2) is 0 Å². The highest BCUT2D eigenvalue weighted by Gasteiger charge is 2.25. The minimum atomic E-state index is -0.240. The van der Waals surface area contributed by atoms with Crippen LogP contribution in [0.5, 0.6) is 0 Å². The van der Waals surface area contributed by atoms with Crippen molar-refractivity contribution in [3.8, 4) is 0 Å². The van der Waals surface area contributed by atoms with E-state index in [9.17, 15) is 14.0 Å². The van der Waals surface area contributed by atoms with E-state index >= 15 is 0 Å². The van der Waals surface area contributed by atoms with Crippen LogP contribution in [0.4, 0.5) is 15.9 Å². The summed E-state index contributed by atoms with van der Waals surface area (Å²) in [5, 5.41) is 0. The molecule has 0 radical (unpaired) electrons. The monoisotopic (exact) mass is 425 g/mol. The number of amides is 2. The largest absolute Gasteiger partial charge is 0.366 e. The van der Waals surface area contributed by atoms with Gasteiger partial charge in [-0.25, -0.2) is 9.37 Å². The smallest absolute Gasteiger partial charge is 0.223 e. The summed E-state index contributed by atoms with van der Waals surface area (Å²) in [6.07, 6.45) is 2.23. The van der Waals surface area contributed by atoms with Crippen LogP contribution in [0.2, 0.25) is 0 Å². The van der Waals surface area contributed by atoms with Crippen molar-refractivity contribution in [1.82, 2.24) is 14.8 Å². The molecular weight excluding hydrogens is 397 g/mol. The highest BCUT2D eigenvalue weighted by atomic mass is 19.1. The van der Waals surface area contributed by atoms with Gasteiger partial charge >= 0.3 is 0 Å². The minimum Gasteiger partial charge on any atom is -0.366 e. The topological polar surface area (TPSA) is 60.0 Å². The second kappa shape index (κ2) is 9.76. The fourth-order valence-electron chi connectivity index (χ4n) is 4.16. The van der Waals surface area contributed by atoms with Crippen molar-refractivity contribution in [2.24, 2.45) is 0 Å². The predicted molar refractivity (Wildman–Crippen MR) is 117 cm³/mol. The van der Waals surface area contributed by atoms with Gasteiger partial charge in [-0.3, -0.25) is 9.59 Å². The number of carbonyl (C=O) groups excluding carboxylic acids is 2. The molecule has 2 saturated heterocycles. The number of hydrogen-bond donors (Lipinski definition) is 0. The van der Waals surface area contributed by atoms with Gasteiger partial charge in [-0.2, -0.15) is 0 Å². The van der Waals surface area contributed by atoms with Crippen molar-refractivity contribution in [3.05, 3.63) is 54.5 Å². The van der Waals surface area contributed by atoms with Crippen molar-refractivity contribution in [2.45, 2.75) is 12.8 Å². The van der Waals surface area contributed by atoms with E-state index in [-0.39, 0.29) is 30.5 Å². The first-order chi connectivity index (χ1) is 15.1. The minimum absolute atomic E-state index is 0.00587. The first kappa shape index (κ1) is 21.1. The van der Waals surface area contributed by atoms with E-state index in [0.717, 1.165) is 18.9 Å². The third-order valence-electron chi connectivity index (χ3n) is 5.98. The lowest BCUT2D eigenvalue weighted by Crippen LogP contribution is -2.50. The van der Waals surface area contributed by atoms with Crippen molar-refractivity contribution in [3.63, 3.8) is 0 Å². The number of para-hydroxylation sites is 1. The third kappa shape index (κ3) is 5.13. The van der Waals surface area contributed by atoms with Crippen LogP contribution < -0.4 is 9.80 Å². The lowest BCUT2D eigenvalue weighted by Gasteiger charge is -2.37. The van der Waals surface area contributed by atoms with E-state index in [0.29, 0.717) is 45.0 Å². The van der Waals surface area contributed by atoms with Crippen LogP contribution in [0.25, 0.3) is 0 Å². The van der Waals surface area contributed by atoms with Crippen molar-refractivity contribution >= 4 is 23.3 Å². The Morgan fingerprint density at radius 2 is 1.29 bits per heavy atom. The number of aromatic nitrogens is 1. The molecular formula is C23H28FN5O2. The lowest BCUT2D eigenvalue weighted by atomic mass is 10.2. The second-order valence-electron chi connectivity index (χ2n) is 7.88. The molecule has 2 aliphatic heterocycles. The predicted octanol–water partition coefficient (Wildman–Crippen LogP) is 2.00. The van der Waals surface area contributed by atoms with Gasteiger partial charge < -0.3 is 19.6 Å². The van der Waals surface area contributed by atoms with Crippen LogP contribution in [0.1, 0.15) is 12.8 Å². The fraction of sp³-hybridized carbons (Fsp3) is 0.435. The number of hydrogen-bond acceptors (Lipinski definition) is 5. The molecule has 4 rings (SSSR count). The van der Waals surface area contributed by atoms with Crippen LogP contribution in [0.3, 0.4) is 0 Å². The van der Waals surface area contributed by atoms with Gasteiger partial charge in [0.25, 0.3) is 0 Å². The number of benzene rings is 1. The van der Waals surface area contributed by atoms with Gasteiger partial charge in [0.2, 0.25) is 11.8 Å². The SMILES string of the molecule is O=C(CCC(=O)N1CCN(c2ccccc2F)CC1)N1CCN(c2ccccn2)CC1. The van der Waals surface area contributed by atoms with Gasteiger partial charge in [-0.15, -0.1) is 0 Å². The Labute approximate surface area is 182 Å². The van der Waals surface area contributed by atoms with E-state index in [2.05, 4.69) is 9.88 Å². The molecule has 0 aliphatic carbocycles. The van der Waals surface area contributed by atoms with Crippen molar-refractivity contribution < 1.29 is 14.0 Å². The molecule has 0 unspecified atom stereocenters. The molecule has 0 N–H and O–H groups in total. The lowest BCUT2D eigenvalue weighted by molar-refractivity contribution is -0.137. The summed E-state index contributed by atoms with van der Waals surface area (Å²) >= 11 is 0. The molecule has 0 saturated carbocycles. The van der Waals surface area contributed by atoms with Gasteiger partial charge in [-0.05, 0) is 24.3 Å². The molecule has 2 fully saturated rings. The first-order valence-electron chi connectivity index (χ1n) is 10.8. The Morgan fingerprint density at radius 1 is 0.742 bits per heavy atom. The van der Waals surface area contributed by atoms with E-state index < -0.39 is 0 Å². The summed E-state index contributed by atoms with van der Waals surface area (Å²) in [4.78, 5) is 37.3.